The number of hydrogen-bond acceptors (Lipinski definition) is 2. The van der Waals surface area contributed by atoms with Gasteiger partial charge in [-0.1, -0.05) is 13.8 Å². The van der Waals surface area contributed by atoms with Crippen molar-refractivity contribution in [2.75, 3.05) is 0 Å². The second kappa shape index (κ2) is 5.20. The van der Waals surface area contributed by atoms with Crippen LogP contribution in [0, 0.1) is 17.3 Å². The fraction of sp³-hybridized carbons (Fsp3) is 0.933. The van der Waals surface area contributed by atoms with Crippen molar-refractivity contribution in [3.8, 4) is 0 Å². The Bertz CT molecular complexity index is 300. The van der Waals surface area contributed by atoms with Gasteiger partial charge in [-0.05, 0) is 58.8 Å². The summed E-state index contributed by atoms with van der Waals surface area (Å²) in [6, 6.07) is 0.442. The van der Waals surface area contributed by atoms with Crippen molar-refractivity contribution < 1.29 is 9.90 Å². The molecule has 1 aliphatic carbocycles. The fourth-order valence-corrected chi connectivity index (χ4v) is 3.02. The van der Waals surface area contributed by atoms with Gasteiger partial charge in [0.15, 0.2) is 0 Å². The molecule has 0 amide bonds. The lowest BCUT2D eigenvalue weighted by Crippen LogP contribution is -2.59. The second-order valence-corrected chi connectivity index (χ2v) is 7.31. The minimum absolute atomic E-state index is 0.403. The van der Waals surface area contributed by atoms with Crippen molar-refractivity contribution in [1.82, 2.24) is 5.32 Å². The van der Waals surface area contributed by atoms with Crippen LogP contribution < -0.4 is 5.32 Å². The van der Waals surface area contributed by atoms with Gasteiger partial charge in [0, 0.05) is 11.6 Å². The lowest BCUT2D eigenvalue weighted by Gasteiger charge is -2.44. The van der Waals surface area contributed by atoms with Crippen molar-refractivity contribution in [2.45, 2.75) is 72.4 Å². The first-order valence-corrected chi connectivity index (χ1v) is 7.07. The van der Waals surface area contributed by atoms with Gasteiger partial charge in [-0.15, -0.1) is 0 Å². The number of aliphatic carboxylic acids is 1. The van der Waals surface area contributed by atoms with E-state index in [1.165, 1.54) is 6.42 Å². The number of rotatable bonds is 4. The van der Waals surface area contributed by atoms with E-state index in [4.69, 9.17) is 0 Å². The summed E-state index contributed by atoms with van der Waals surface area (Å²) < 4.78 is 0. The van der Waals surface area contributed by atoms with E-state index in [2.05, 4.69) is 19.2 Å². The van der Waals surface area contributed by atoms with Gasteiger partial charge in [-0.2, -0.15) is 0 Å². The smallest absolute Gasteiger partial charge is 0.310 e. The van der Waals surface area contributed by atoms with Gasteiger partial charge in [0.05, 0.1) is 5.41 Å². The summed E-state index contributed by atoms with van der Waals surface area (Å²) in [7, 11) is 0. The lowest BCUT2D eigenvalue weighted by molar-refractivity contribution is -0.151. The molecule has 1 rings (SSSR count). The normalized spacial score (nSPS) is 30.2. The Labute approximate surface area is 111 Å². The third-order valence-electron chi connectivity index (χ3n) is 4.84. The molecule has 1 saturated carbocycles. The van der Waals surface area contributed by atoms with E-state index in [9.17, 15) is 9.90 Å². The maximum absolute atomic E-state index is 11.4. The average Bonchev–Trinajstić information content (AvgIpc) is 2.13. The van der Waals surface area contributed by atoms with Crippen molar-refractivity contribution >= 4 is 5.97 Å². The Morgan fingerprint density at radius 2 is 1.50 bits per heavy atom. The first-order chi connectivity index (χ1) is 8.06. The minimum atomic E-state index is -0.767. The maximum atomic E-state index is 11.4. The van der Waals surface area contributed by atoms with Crippen LogP contribution in [0.25, 0.3) is 0 Å². The summed E-state index contributed by atoms with van der Waals surface area (Å²) in [5, 5.41) is 13.0. The minimum Gasteiger partial charge on any atom is -0.481 e. The highest BCUT2D eigenvalue weighted by Gasteiger charge is 2.44. The molecule has 0 aromatic heterocycles. The summed E-state index contributed by atoms with van der Waals surface area (Å²) in [4.78, 5) is 11.4. The van der Waals surface area contributed by atoms with E-state index in [0.29, 0.717) is 6.04 Å². The lowest BCUT2D eigenvalue weighted by atomic mass is 9.72. The van der Waals surface area contributed by atoms with E-state index in [0.717, 1.165) is 24.7 Å². The van der Waals surface area contributed by atoms with Crippen LogP contribution in [-0.2, 0) is 4.79 Å². The third kappa shape index (κ3) is 3.25. The molecule has 2 N–H and O–H groups in total. The average molecular weight is 255 g/mol. The molecule has 2 unspecified atom stereocenters. The Morgan fingerprint density at radius 3 is 1.89 bits per heavy atom. The molecule has 3 nitrogen and oxygen atoms in total. The van der Waals surface area contributed by atoms with Gasteiger partial charge in [0.2, 0.25) is 0 Å². The van der Waals surface area contributed by atoms with Crippen LogP contribution in [-0.4, -0.2) is 22.7 Å². The van der Waals surface area contributed by atoms with Crippen LogP contribution in [0.15, 0.2) is 0 Å². The molecule has 106 valence electrons. The molecule has 1 aliphatic rings. The van der Waals surface area contributed by atoms with Gasteiger partial charge in [0.25, 0.3) is 0 Å². The number of hydrogen-bond donors (Lipinski definition) is 2. The Hall–Kier alpha value is -0.570. The first kappa shape index (κ1) is 15.5. The summed E-state index contributed by atoms with van der Waals surface area (Å²) in [5.74, 6) is 0.724. The molecule has 0 aromatic carbocycles. The summed E-state index contributed by atoms with van der Waals surface area (Å²) >= 11 is 0. The molecule has 0 bridgehead atoms. The van der Waals surface area contributed by atoms with E-state index in [1.807, 2.05) is 13.8 Å². The summed E-state index contributed by atoms with van der Waals surface area (Å²) in [6.45, 7) is 12.2. The number of nitrogens with one attached hydrogen (secondary N) is 1. The maximum Gasteiger partial charge on any atom is 0.310 e. The topological polar surface area (TPSA) is 49.3 Å². The first-order valence-electron chi connectivity index (χ1n) is 7.07. The van der Waals surface area contributed by atoms with Gasteiger partial charge in [-0.25, -0.2) is 0 Å². The highest BCUT2D eigenvalue weighted by Crippen LogP contribution is 2.35. The molecule has 3 heteroatoms. The molecular formula is C15H29NO2. The van der Waals surface area contributed by atoms with E-state index >= 15 is 0 Å². The zero-order chi connectivity index (χ0) is 14.1. The molecular weight excluding hydrogens is 226 g/mol. The van der Waals surface area contributed by atoms with Gasteiger partial charge in [-0.3, -0.25) is 4.79 Å². The van der Waals surface area contributed by atoms with Crippen molar-refractivity contribution in [3.63, 3.8) is 0 Å². The number of carbonyl (C=O) groups is 1. The molecule has 0 aliphatic heterocycles. The van der Waals surface area contributed by atoms with Crippen molar-refractivity contribution in [1.29, 1.82) is 0 Å². The Morgan fingerprint density at radius 1 is 1.06 bits per heavy atom. The van der Waals surface area contributed by atoms with Crippen LogP contribution in [0.1, 0.15) is 60.8 Å². The standard InChI is InChI=1S/C15H29NO2/c1-10-7-11(2)9-12(8-10)16-15(5,6)14(3,4)13(17)18/h10-12,16H,7-9H2,1-6H3,(H,17,18). The zero-order valence-corrected chi connectivity index (χ0v) is 12.7. The third-order valence-corrected chi connectivity index (χ3v) is 4.84. The SMILES string of the molecule is CC1CC(C)CC(NC(C)(C)C(C)(C)C(=O)O)C1. The highest BCUT2D eigenvalue weighted by atomic mass is 16.4. The van der Waals surface area contributed by atoms with E-state index < -0.39 is 16.9 Å². The largest absolute Gasteiger partial charge is 0.481 e. The molecule has 2 atom stereocenters. The van der Waals surface area contributed by atoms with E-state index in [1.54, 1.807) is 13.8 Å². The molecule has 0 spiro atoms. The molecule has 0 saturated heterocycles. The van der Waals surface area contributed by atoms with Crippen molar-refractivity contribution in [3.05, 3.63) is 0 Å². The van der Waals surface area contributed by atoms with Crippen LogP contribution in [0.4, 0.5) is 0 Å². The number of carboxylic acid groups (broad SMARTS) is 1. The van der Waals surface area contributed by atoms with Gasteiger partial charge < -0.3 is 10.4 Å². The van der Waals surface area contributed by atoms with E-state index in [-0.39, 0.29) is 0 Å². The summed E-state index contributed by atoms with van der Waals surface area (Å²) in [6.07, 6.45) is 3.61. The molecule has 18 heavy (non-hydrogen) atoms. The Kier molecular flexibility index (Phi) is 4.47. The molecule has 0 radical (unpaired) electrons. The van der Waals surface area contributed by atoms with Crippen LogP contribution in [0.2, 0.25) is 0 Å². The fourth-order valence-electron chi connectivity index (χ4n) is 3.02. The number of carboxylic acids is 1. The molecule has 0 aromatic rings. The molecule has 0 heterocycles. The van der Waals surface area contributed by atoms with Crippen LogP contribution in [0.5, 0.6) is 0 Å². The highest BCUT2D eigenvalue weighted by molar-refractivity contribution is 5.75. The predicted molar refractivity (Wildman–Crippen MR) is 74.6 cm³/mol. The van der Waals surface area contributed by atoms with Gasteiger partial charge in [0.1, 0.15) is 0 Å². The van der Waals surface area contributed by atoms with Crippen LogP contribution in [0.3, 0.4) is 0 Å². The molecule has 1 fully saturated rings. The van der Waals surface area contributed by atoms with Gasteiger partial charge >= 0.3 is 5.97 Å². The van der Waals surface area contributed by atoms with Crippen LogP contribution >= 0.6 is 0 Å². The van der Waals surface area contributed by atoms with Crippen molar-refractivity contribution in [2.24, 2.45) is 17.3 Å². The predicted octanol–water partition coefficient (Wildman–Crippen LogP) is 3.29. The zero-order valence-electron chi connectivity index (χ0n) is 12.7. The second-order valence-electron chi connectivity index (χ2n) is 7.31. The Balaban J connectivity index is 2.73. The quantitative estimate of drug-likeness (QED) is 0.810. The monoisotopic (exact) mass is 255 g/mol. The summed E-state index contributed by atoms with van der Waals surface area (Å²) in [5.41, 5.74) is -1.17.